The number of aliphatic imine (C=N–C) groups is 1. The lowest BCUT2D eigenvalue weighted by molar-refractivity contribution is 1.08. The van der Waals surface area contributed by atoms with Gasteiger partial charge in [-0.1, -0.05) is 18.2 Å². The summed E-state index contributed by atoms with van der Waals surface area (Å²) >= 11 is 2.26. The predicted octanol–water partition coefficient (Wildman–Crippen LogP) is 2.16. The largest absolute Gasteiger partial charge is 0.245 e. The van der Waals surface area contributed by atoms with Crippen molar-refractivity contribution in [3.63, 3.8) is 0 Å². The third-order valence-electron chi connectivity index (χ3n) is 1.63. The molecule has 1 heterocycles. The molecule has 0 saturated heterocycles. The van der Waals surface area contributed by atoms with Gasteiger partial charge in [-0.05, 0) is 28.7 Å². The van der Waals surface area contributed by atoms with E-state index in [0.29, 0.717) is 5.95 Å². The van der Waals surface area contributed by atoms with Gasteiger partial charge < -0.3 is 0 Å². The molecule has 14 heavy (non-hydrogen) atoms. The van der Waals surface area contributed by atoms with Gasteiger partial charge in [0.2, 0.25) is 5.95 Å². The predicted molar refractivity (Wildman–Crippen MR) is 62.8 cm³/mol. The third-order valence-corrected chi connectivity index (χ3v) is 2.62. The first-order valence-electron chi connectivity index (χ1n) is 4.00. The lowest BCUT2D eigenvalue weighted by Gasteiger charge is -1.94. The quantitative estimate of drug-likeness (QED) is 0.682. The van der Waals surface area contributed by atoms with Gasteiger partial charge in [0, 0.05) is 15.3 Å². The topological polar surface area (TPSA) is 53.9 Å². The Balaban J connectivity index is 2.23. The van der Waals surface area contributed by atoms with Crippen molar-refractivity contribution in [2.45, 2.75) is 0 Å². The SMILES string of the molecule is Ic1ccccc1C=Nc1ncn[nH]1. The van der Waals surface area contributed by atoms with Gasteiger partial charge in [-0.25, -0.2) is 10.1 Å². The molecule has 1 aromatic heterocycles. The summed E-state index contributed by atoms with van der Waals surface area (Å²) in [5, 5.41) is 6.37. The summed E-state index contributed by atoms with van der Waals surface area (Å²) < 4.78 is 1.16. The number of hydrogen-bond donors (Lipinski definition) is 1. The number of aromatic amines is 1. The monoisotopic (exact) mass is 298 g/mol. The number of rotatable bonds is 2. The molecule has 0 amide bonds. The standard InChI is InChI=1S/C9H7IN4/c10-8-4-2-1-3-7(8)5-11-9-12-6-13-14-9/h1-6H,(H,12,13,14). The molecule has 5 heteroatoms. The van der Waals surface area contributed by atoms with Crippen LogP contribution in [-0.4, -0.2) is 21.4 Å². The van der Waals surface area contributed by atoms with Crippen molar-refractivity contribution in [3.05, 3.63) is 39.7 Å². The molecule has 0 aliphatic rings. The van der Waals surface area contributed by atoms with Gasteiger partial charge >= 0.3 is 0 Å². The van der Waals surface area contributed by atoms with Crippen LogP contribution in [0.5, 0.6) is 0 Å². The average Bonchev–Trinajstić information content (AvgIpc) is 2.69. The molecular weight excluding hydrogens is 291 g/mol. The zero-order chi connectivity index (χ0) is 9.80. The normalized spacial score (nSPS) is 10.9. The molecule has 1 aromatic carbocycles. The number of benzene rings is 1. The van der Waals surface area contributed by atoms with E-state index in [1.54, 1.807) is 6.21 Å². The van der Waals surface area contributed by atoms with Crippen molar-refractivity contribution in [1.29, 1.82) is 0 Å². The summed E-state index contributed by atoms with van der Waals surface area (Å²) in [7, 11) is 0. The number of hydrogen-bond acceptors (Lipinski definition) is 3. The first kappa shape index (κ1) is 9.32. The third kappa shape index (κ3) is 2.16. The number of aromatic nitrogens is 3. The van der Waals surface area contributed by atoms with Crippen molar-refractivity contribution in [3.8, 4) is 0 Å². The fraction of sp³-hybridized carbons (Fsp3) is 0. The Hall–Kier alpha value is -1.24. The number of nitrogens with zero attached hydrogens (tertiary/aromatic N) is 3. The van der Waals surface area contributed by atoms with Crippen LogP contribution < -0.4 is 0 Å². The molecular formula is C9H7IN4. The molecule has 0 fully saturated rings. The Bertz CT molecular complexity index is 436. The summed E-state index contributed by atoms with van der Waals surface area (Å²) in [5.74, 6) is 0.518. The van der Waals surface area contributed by atoms with Crippen LogP contribution in [0.25, 0.3) is 0 Å². The van der Waals surface area contributed by atoms with Crippen molar-refractivity contribution in [2.24, 2.45) is 4.99 Å². The molecule has 1 N–H and O–H groups in total. The maximum atomic E-state index is 4.14. The molecule has 0 unspecified atom stereocenters. The molecule has 0 aliphatic heterocycles. The molecule has 2 aromatic rings. The summed E-state index contributed by atoms with van der Waals surface area (Å²) in [6, 6.07) is 8.00. The van der Waals surface area contributed by atoms with E-state index in [4.69, 9.17) is 0 Å². The molecule has 0 atom stereocenters. The summed E-state index contributed by atoms with van der Waals surface area (Å²) in [5.41, 5.74) is 1.07. The Kier molecular flexibility index (Phi) is 2.87. The highest BCUT2D eigenvalue weighted by Crippen LogP contribution is 2.10. The Labute approximate surface area is 94.6 Å². The van der Waals surface area contributed by atoms with Gasteiger partial charge in [0.15, 0.2) is 0 Å². The lowest BCUT2D eigenvalue weighted by atomic mass is 10.2. The highest BCUT2D eigenvalue weighted by Gasteiger charge is 1.94. The molecule has 0 saturated carbocycles. The minimum atomic E-state index is 0.518. The van der Waals surface area contributed by atoms with Crippen molar-refractivity contribution in [1.82, 2.24) is 15.2 Å². The molecule has 70 valence electrons. The fourth-order valence-corrected chi connectivity index (χ4v) is 1.50. The number of halogens is 1. The van der Waals surface area contributed by atoms with Crippen molar-refractivity contribution < 1.29 is 0 Å². The van der Waals surface area contributed by atoms with Crippen molar-refractivity contribution >= 4 is 34.8 Å². The molecule has 0 aliphatic carbocycles. The number of H-pyrrole nitrogens is 1. The van der Waals surface area contributed by atoms with Gasteiger partial charge in [-0.15, -0.1) is 0 Å². The Morgan fingerprint density at radius 2 is 2.21 bits per heavy atom. The van der Waals surface area contributed by atoms with E-state index >= 15 is 0 Å². The average molecular weight is 298 g/mol. The smallest absolute Gasteiger partial charge is 0.244 e. The lowest BCUT2D eigenvalue weighted by Crippen LogP contribution is -1.84. The minimum absolute atomic E-state index is 0.518. The van der Waals surface area contributed by atoms with Crippen LogP contribution >= 0.6 is 22.6 Å². The van der Waals surface area contributed by atoms with Crippen LogP contribution in [-0.2, 0) is 0 Å². The van der Waals surface area contributed by atoms with E-state index in [9.17, 15) is 0 Å². The highest BCUT2D eigenvalue weighted by atomic mass is 127. The van der Waals surface area contributed by atoms with Gasteiger partial charge in [0.05, 0.1) is 0 Å². The second kappa shape index (κ2) is 4.32. The highest BCUT2D eigenvalue weighted by molar-refractivity contribution is 14.1. The van der Waals surface area contributed by atoms with E-state index < -0.39 is 0 Å². The molecule has 0 spiro atoms. The minimum Gasteiger partial charge on any atom is -0.244 e. The maximum Gasteiger partial charge on any atom is 0.245 e. The van der Waals surface area contributed by atoms with Crippen LogP contribution in [0.2, 0.25) is 0 Å². The molecule has 2 rings (SSSR count). The molecule has 4 nitrogen and oxygen atoms in total. The summed E-state index contributed by atoms with van der Waals surface area (Å²) in [6.07, 6.45) is 3.20. The summed E-state index contributed by atoms with van der Waals surface area (Å²) in [4.78, 5) is 8.03. The second-order valence-corrected chi connectivity index (χ2v) is 3.75. The summed E-state index contributed by atoms with van der Waals surface area (Å²) in [6.45, 7) is 0. The zero-order valence-corrected chi connectivity index (χ0v) is 9.34. The van der Waals surface area contributed by atoms with E-state index in [1.807, 2.05) is 24.3 Å². The molecule has 0 radical (unpaired) electrons. The van der Waals surface area contributed by atoms with E-state index in [2.05, 4.69) is 42.8 Å². The first-order chi connectivity index (χ1) is 6.86. The van der Waals surface area contributed by atoms with Crippen molar-refractivity contribution in [2.75, 3.05) is 0 Å². The fourth-order valence-electron chi connectivity index (χ4n) is 0.972. The van der Waals surface area contributed by atoms with Crippen LogP contribution in [0.1, 0.15) is 5.56 Å². The first-order valence-corrected chi connectivity index (χ1v) is 5.08. The van der Waals surface area contributed by atoms with Gasteiger partial charge in [-0.3, -0.25) is 0 Å². The Morgan fingerprint density at radius 1 is 1.36 bits per heavy atom. The second-order valence-electron chi connectivity index (χ2n) is 2.59. The van der Waals surface area contributed by atoms with Crippen LogP contribution in [0, 0.1) is 3.57 Å². The van der Waals surface area contributed by atoms with E-state index in [1.165, 1.54) is 6.33 Å². The van der Waals surface area contributed by atoms with Crippen LogP contribution in [0.4, 0.5) is 5.95 Å². The van der Waals surface area contributed by atoms with Crippen LogP contribution in [0.3, 0.4) is 0 Å². The molecule has 0 bridgehead atoms. The van der Waals surface area contributed by atoms with Gasteiger partial charge in [-0.2, -0.15) is 10.1 Å². The van der Waals surface area contributed by atoms with E-state index in [0.717, 1.165) is 9.13 Å². The maximum absolute atomic E-state index is 4.14. The number of nitrogens with one attached hydrogen (secondary N) is 1. The van der Waals surface area contributed by atoms with Gasteiger partial charge in [0.1, 0.15) is 6.33 Å². The van der Waals surface area contributed by atoms with Gasteiger partial charge in [0.25, 0.3) is 0 Å². The van der Waals surface area contributed by atoms with Crippen LogP contribution in [0.15, 0.2) is 35.6 Å². The Morgan fingerprint density at radius 3 is 2.93 bits per heavy atom. The zero-order valence-electron chi connectivity index (χ0n) is 7.18. The van der Waals surface area contributed by atoms with E-state index in [-0.39, 0.29) is 0 Å².